The van der Waals surface area contributed by atoms with E-state index in [1.165, 1.54) is 0 Å². The molecule has 4 heteroatoms. The van der Waals surface area contributed by atoms with E-state index in [1.54, 1.807) is 0 Å². The standard InChI is InChI=1S/C10H15NO3/c1-6(5-10(12)13)4-9-7(2)11-14-8(9)3/h6H,4-5H2,1-3H3,(H,12,13). The Balaban J connectivity index is 2.64. The van der Waals surface area contributed by atoms with Crippen LogP contribution in [0.25, 0.3) is 0 Å². The van der Waals surface area contributed by atoms with Crippen molar-refractivity contribution in [1.29, 1.82) is 0 Å². The first-order chi connectivity index (χ1) is 6.50. The SMILES string of the molecule is Cc1noc(C)c1CC(C)CC(=O)O. The maximum absolute atomic E-state index is 10.5. The summed E-state index contributed by atoms with van der Waals surface area (Å²) in [5.41, 5.74) is 1.90. The number of nitrogens with zero attached hydrogens (tertiary/aromatic N) is 1. The molecule has 0 aromatic carbocycles. The lowest BCUT2D eigenvalue weighted by atomic mass is 9.97. The monoisotopic (exact) mass is 197 g/mol. The minimum Gasteiger partial charge on any atom is -0.481 e. The second kappa shape index (κ2) is 4.26. The molecule has 1 aromatic heterocycles. The van der Waals surface area contributed by atoms with Crippen LogP contribution in [-0.2, 0) is 11.2 Å². The van der Waals surface area contributed by atoms with Gasteiger partial charge >= 0.3 is 5.97 Å². The van der Waals surface area contributed by atoms with E-state index in [0.717, 1.165) is 17.0 Å². The number of hydrogen-bond acceptors (Lipinski definition) is 3. The van der Waals surface area contributed by atoms with Crippen LogP contribution in [0, 0.1) is 19.8 Å². The predicted octanol–water partition coefficient (Wildman–Crippen LogP) is 1.94. The lowest BCUT2D eigenvalue weighted by molar-refractivity contribution is -0.137. The van der Waals surface area contributed by atoms with E-state index in [1.807, 2.05) is 20.8 Å². The second-order valence-corrected chi connectivity index (χ2v) is 3.71. The zero-order valence-electron chi connectivity index (χ0n) is 8.70. The van der Waals surface area contributed by atoms with E-state index in [4.69, 9.17) is 9.63 Å². The van der Waals surface area contributed by atoms with Gasteiger partial charge in [-0.2, -0.15) is 0 Å². The van der Waals surface area contributed by atoms with E-state index >= 15 is 0 Å². The smallest absolute Gasteiger partial charge is 0.303 e. The summed E-state index contributed by atoms with van der Waals surface area (Å²) in [5, 5.41) is 12.4. The van der Waals surface area contributed by atoms with Crippen molar-refractivity contribution < 1.29 is 14.4 Å². The lowest BCUT2D eigenvalue weighted by Gasteiger charge is -2.07. The average molecular weight is 197 g/mol. The molecule has 1 aromatic rings. The molecule has 1 rings (SSSR count). The third kappa shape index (κ3) is 2.58. The van der Waals surface area contributed by atoms with Crippen LogP contribution in [0.3, 0.4) is 0 Å². The van der Waals surface area contributed by atoms with Crippen molar-refractivity contribution in [2.45, 2.75) is 33.6 Å². The van der Waals surface area contributed by atoms with Crippen molar-refractivity contribution in [1.82, 2.24) is 5.16 Å². The maximum atomic E-state index is 10.5. The van der Waals surface area contributed by atoms with Crippen LogP contribution in [-0.4, -0.2) is 16.2 Å². The summed E-state index contributed by atoms with van der Waals surface area (Å²) in [6.07, 6.45) is 0.900. The molecule has 0 aliphatic rings. The number of aromatic nitrogens is 1. The fourth-order valence-electron chi connectivity index (χ4n) is 1.51. The van der Waals surface area contributed by atoms with Crippen LogP contribution >= 0.6 is 0 Å². The number of carboxylic acid groups (broad SMARTS) is 1. The summed E-state index contributed by atoms with van der Waals surface area (Å²) in [7, 11) is 0. The van der Waals surface area contributed by atoms with Gasteiger partial charge in [0.2, 0.25) is 0 Å². The minimum absolute atomic E-state index is 0.115. The first kappa shape index (κ1) is 10.8. The molecule has 78 valence electrons. The van der Waals surface area contributed by atoms with Gasteiger partial charge < -0.3 is 9.63 Å². The van der Waals surface area contributed by atoms with Crippen LogP contribution in [0.2, 0.25) is 0 Å². The second-order valence-electron chi connectivity index (χ2n) is 3.71. The van der Waals surface area contributed by atoms with Gasteiger partial charge in [-0.1, -0.05) is 12.1 Å². The summed E-state index contributed by atoms with van der Waals surface area (Å²) in [4.78, 5) is 10.5. The Bertz CT molecular complexity index is 311. The Kier molecular flexibility index (Phi) is 3.28. The molecule has 1 heterocycles. The normalized spacial score (nSPS) is 12.8. The topological polar surface area (TPSA) is 63.3 Å². The molecule has 0 amide bonds. The van der Waals surface area contributed by atoms with Gasteiger partial charge in [-0.3, -0.25) is 4.79 Å². The Morgan fingerprint density at radius 2 is 2.21 bits per heavy atom. The Morgan fingerprint density at radius 3 is 2.64 bits per heavy atom. The molecular weight excluding hydrogens is 182 g/mol. The molecule has 4 nitrogen and oxygen atoms in total. The van der Waals surface area contributed by atoms with Gasteiger partial charge in [0.1, 0.15) is 5.76 Å². The summed E-state index contributed by atoms with van der Waals surface area (Å²) < 4.78 is 5.00. The molecular formula is C10H15NO3. The third-order valence-corrected chi connectivity index (χ3v) is 2.26. The molecule has 0 radical (unpaired) electrons. The average Bonchev–Trinajstić information content (AvgIpc) is 2.34. The lowest BCUT2D eigenvalue weighted by Crippen LogP contribution is -2.07. The molecule has 0 aliphatic carbocycles. The first-order valence-corrected chi connectivity index (χ1v) is 4.64. The Hall–Kier alpha value is -1.32. The summed E-state index contributed by atoms with van der Waals surface area (Å²) in [6, 6.07) is 0. The van der Waals surface area contributed by atoms with Gasteiger partial charge in [0.15, 0.2) is 0 Å². The molecule has 0 bridgehead atoms. The van der Waals surface area contributed by atoms with E-state index in [2.05, 4.69) is 5.16 Å². The van der Waals surface area contributed by atoms with Gasteiger partial charge in [-0.25, -0.2) is 0 Å². The highest BCUT2D eigenvalue weighted by atomic mass is 16.5. The number of carbonyl (C=O) groups is 1. The van der Waals surface area contributed by atoms with Crippen LogP contribution in [0.4, 0.5) is 0 Å². The first-order valence-electron chi connectivity index (χ1n) is 4.64. The summed E-state index contributed by atoms with van der Waals surface area (Å²) >= 11 is 0. The highest BCUT2D eigenvalue weighted by Gasteiger charge is 2.14. The van der Waals surface area contributed by atoms with E-state index in [-0.39, 0.29) is 12.3 Å². The van der Waals surface area contributed by atoms with Crippen molar-refractivity contribution in [2.75, 3.05) is 0 Å². The van der Waals surface area contributed by atoms with Gasteiger partial charge in [0.25, 0.3) is 0 Å². The molecule has 1 atom stereocenters. The molecule has 1 unspecified atom stereocenters. The van der Waals surface area contributed by atoms with Gasteiger partial charge in [0.05, 0.1) is 5.69 Å². The fraction of sp³-hybridized carbons (Fsp3) is 0.600. The zero-order valence-corrected chi connectivity index (χ0v) is 8.70. The van der Waals surface area contributed by atoms with Crippen LogP contribution in [0.5, 0.6) is 0 Å². The van der Waals surface area contributed by atoms with Crippen molar-refractivity contribution in [3.05, 3.63) is 17.0 Å². The molecule has 0 aliphatic heterocycles. The fourth-order valence-corrected chi connectivity index (χ4v) is 1.51. The van der Waals surface area contributed by atoms with Crippen LogP contribution in [0.1, 0.15) is 30.4 Å². The third-order valence-electron chi connectivity index (χ3n) is 2.26. The van der Waals surface area contributed by atoms with Crippen molar-refractivity contribution in [2.24, 2.45) is 5.92 Å². The molecule has 1 N–H and O–H groups in total. The molecule has 0 spiro atoms. The molecule has 0 saturated heterocycles. The summed E-state index contributed by atoms with van der Waals surface area (Å²) in [6.45, 7) is 5.64. The van der Waals surface area contributed by atoms with Crippen molar-refractivity contribution >= 4 is 5.97 Å². The van der Waals surface area contributed by atoms with Crippen LogP contribution < -0.4 is 0 Å². The van der Waals surface area contributed by atoms with Crippen LogP contribution in [0.15, 0.2) is 4.52 Å². The van der Waals surface area contributed by atoms with E-state index < -0.39 is 5.97 Å². The highest BCUT2D eigenvalue weighted by Crippen LogP contribution is 2.18. The quantitative estimate of drug-likeness (QED) is 0.801. The largest absolute Gasteiger partial charge is 0.481 e. The van der Waals surface area contributed by atoms with Gasteiger partial charge in [-0.15, -0.1) is 0 Å². The van der Waals surface area contributed by atoms with E-state index in [0.29, 0.717) is 6.42 Å². The Labute approximate surface area is 82.9 Å². The summed E-state index contributed by atoms with van der Waals surface area (Å²) in [5.74, 6) is 0.147. The Morgan fingerprint density at radius 1 is 1.57 bits per heavy atom. The van der Waals surface area contributed by atoms with Gasteiger partial charge in [-0.05, 0) is 26.2 Å². The van der Waals surface area contributed by atoms with Gasteiger partial charge in [0, 0.05) is 12.0 Å². The van der Waals surface area contributed by atoms with E-state index in [9.17, 15) is 4.79 Å². The maximum Gasteiger partial charge on any atom is 0.303 e. The van der Waals surface area contributed by atoms with Crippen molar-refractivity contribution in [3.63, 3.8) is 0 Å². The highest BCUT2D eigenvalue weighted by molar-refractivity contribution is 5.67. The number of hydrogen-bond donors (Lipinski definition) is 1. The van der Waals surface area contributed by atoms with Crippen molar-refractivity contribution in [3.8, 4) is 0 Å². The number of carboxylic acids is 1. The molecule has 0 fully saturated rings. The molecule has 0 saturated carbocycles. The minimum atomic E-state index is -0.760. The number of rotatable bonds is 4. The zero-order chi connectivity index (χ0) is 10.7. The predicted molar refractivity (Wildman–Crippen MR) is 51.1 cm³/mol. The number of aryl methyl sites for hydroxylation is 2. The molecule has 14 heavy (non-hydrogen) atoms. The number of aliphatic carboxylic acids is 1.